The maximum absolute atomic E-state index is 12.8. The lowest BCUT2D eigenvalue weighted by Gasteiger charge is -2.11. The van der Waals surface area contributed by atoms with Crippen LogP contribution in [0.2, 0.25) is 10.0 Å². The molecule has 0 radical (unpaired) electrons. The number of aromatic nitrogens is 2. The van der Waals surface area contributed by atoms with Gasteiger partial charge in [0.2, 0.25) is 5.91 Å². The van der Waals surface area contributed by atoms with Crippen molar-refractivity contribution in [3.05, 3.63) is 68.2 Å². The normalized spacial score (nSPS) is 13.3. The van der Waals surface area contributed by atoms with Crippen LogP contribution < -0.4 is 16.4 Å². The number of hydrazine groups is 1. The summed E-state index contributed by atoms with van der Waals surface area (Å²) in [7, 11) is 0. The quantitative estimate of drug-likeness (QED) is 0.426. The van der Waals surface area contributed by atoms with Gasteiger partial charge in [-0.25, -0.2) is 4.98 Å². The molecule has 166 valence electrons. The number of nitrogens with zero attached hydrogens (tertiary/aromatic N) is 2. The summed E-state index contributed by atoms with van der Waals surface area (Å²) in [5.41, 5.74) is 5.47. The fourth-order valence-corrected chi connectivity index (χ4v) is 4.82. The van der Waals surface area contributed by atoms with Crippen LogP contribution in [0.3, 0.4) is 0 Å². The summed E-state index contributed by atoms with van der Waals surface area (Å²) < 4.78 is 1.74. The number of halogens is 2. The molecule has 1 aromatic heterocycles. The Morgan fingerprint density at radius 3 is 2.75 bits per heavy atom. The number of fused-ring (bicyclic) bond motifs is 2. The van der Waals surface area contributed by atoms with Crippen LogP contribution in [0, 0.1) is 0 Å². The van der Waals surface area contributed by atoms with Gasteiger partial charge in [-0.2, -0.15) is 0 Å². The van der Waals surface area contributed by atoms with E-state index in [1.54, 1.807) is 41.0 Å². The van der Waals surface area contributed by atoms with E-state index in [0.29, 0.717) is 38.0 Å². The molecule has 1 aliphatic rings. The average molecular weight is 491 g/mol. The minimum atomic E-state index is -0.497. The Morgan fingerprint density at radius 2 is 1.91 bits per heavy atom. The number of rotatable bonds is 4. The first-order chi connectivity index (χ1) is 15.4. The second kappa shape index (κ2) is 9.94. The molecule has 0 unspecified atom stereocenters. The van der Waals surface area contributed by atoms with Crippen molar-refractivity contribution in [2.45, 2.75) is 37.1 Å². The molecule has 0 atom stereocenters. The van der Waals surface area contributed by atoms with E-state index >= 15 is 0 Å². The van der Waals surface area contributed by atoms with Crippen molar-refractivity contribution in [3.8, 4) is 0 Å². The van der Waals surface area contributed by atoms with Crippen molar-refractivity contribution >= 4 is 57.7 Å². The van der Waals surface area contributed by atoms with Crippen LogP contribution >= 0.6 is 35.0 Å². The van der Waals surface area contributed by atoms with Crippen LogP contribution in [0.5, 0.6) is 0 Å². The van der Waals surface area contributed by atoms with Crippen molar-refractivity contribution in [3.63, 3.8) is 0 Å². The molecule has 2 heterocycles. The van der Waals surface area contributed by atoms with Crippen LogP contribution in [0.1, 0.15) is 35.4 Å². The Balaban J connectivity index is 1.41. The van der Waals surface area contributed by atoms with E-state index in [0.717, 1.165) is 31.5 Å². The third-order valence-electron chi connectivity index (χ3n) is 5.15. The molecular formula is C22H20Cl2N4O3S. The van der Waals surface area contributed by atoms with Gasteiger partial charge < -0.3 is 0 Å². The van der Waals surface area contributed by atoms with Gasteiger partial charge in [-0.15, -0.1) is 11.8 Å². The second-order valence-corrected chi connectivity index (χ2v) is 9.25. The summed E-state index contributed by atoms with van der Waals surface area (Å²) >= 11 is 13.2. The number of carbonyl (C=O) groups is 2. The summed E-state index contributed by atoms with van der Waals surface area (Å²) in [6.07, 6.45) is 3.75. The smallest absolute Gasteiger partial charge is 0.269 e. The summed E-state index contributed by atoms with van der Waals surface area (Å²) in [6, 6.07) is 9.73. The fraction of sp³-hybridized carbons (Fsp3) is 0.273. The Kier molecular flexibility index (Phi) is 7.03. The van der Waals surface area contributed by atoms with Crippen LogP contribution in [-0.2, 0) is 17.8 Å². The van der Waals surface area contributed by atoms with Gasteiger partial charge in [-0.3, -0.25) is 29.8 Å². The third kappa shape index (κ3) is 5.09. The van der Waals surface area contributed by atoms with Gasteiger partial charge >= 0.3 is 0 Å². The molecule has 2 N–H and O–H groups in total. The largest absolute Gasteiger partial charge is 0.296 e. The number of carbonyl (C=O) groups excluding carboxylic acids is 2. The zero-order chi connectivity index (χ0) is 22.7. The van der Waals surface area contributed by atoms with E-state index < -0.39 is 11.8 Å². The fourth-order valence-electron chi connectivity index (χ4n) is 3.53. The Bertz CT molecular complexity index is 1260. The summed E-state index contributed by atoms with van der Waals surface area (Å²) in [5.74, 6) is -0.102. The average Bonchev–Trinajstić information content (AvgIpc) is 3.03. The van der Waals surface area contributed by atoms with Crippen LogP contribution in [0.15, 0.2) is 46.1 Å². The van der Waals surface area contributed by atoms with Crippen molar-refractivity contribution in [2.24, 2.45) is 0 Å². The van der Waals surface area contributed by atoms with Crippen molar-refractivity contribution in [1.82, 2.24) is 20.4 Å². The lowest BCUT2D eigenvalue weighted by Crippen LogP contribution is -2.42. The molecule has 32 heavy (non-hydrogen) atoms. The predicted molar refractivity (Wildman–Crippen MR) is 126 cm³/mol. The van der Waals surface area contributed by atoms with Gasteiger partial charge in [0, 0.05) is 28.4 Å². The molecule has 0 spiro atoms. The number of thioether (sulfide) groups is 1. The number of hydrogen-bond acceptors (Lipinski definition) is 5. The van der Waals surface area contributed by atoms with Gasteiger partial charge in [0.25, 0.3) is 11.5 Å². The highest BCUT2D eigenvalue weighted by molar-refractivity contribution is 8.00. The molecular weight excluding hydrogens is 471 g/mol. The van der Waals surface area contributed by atoms with E-state index in [4.69, 9.17) is 23.2 Å². The molecule has 0 aliphatic carbocycles. The number of hydrogen-bond donors (Lipinski definition) is 2. The molecule has 2 amide bonds. The van der Waals surface area contributed by atoms with E-state index in [2.05, 4.69) is 15.8 Å². The first-order valence-electron chi connectivity index (χ1n) is 10.1. The number of benzene rings is 2. The van der Waals surface area contributed by atoms with Gasteiger partial charge in [-0.1, -0.05) is 29.6 Å². The number of amides is 2. The standard InChI is InChI=1S/C22H20Cl2N4O3S/c23-14-6-8-16(24)18(11-14)32-12-20(29)26-27-21(30)13-5-7-15-17(10-13)25-19-4-2-1-3-9-28(19)22(15)31/h5-8,10-11H,1-4,9,12H2,(H,26,29)(H,27,30). The summed E-state index contributed by atoms with van der Waals surface area (Å²) in [5, 5.41) is 1.49. The molecule has 0 saturated heterocycles. The number of nitrogens with one attached hydrogen (secondary N) is 2. The zero-order valence-corrected chi connectivity index (χ0v) is 19.3. The van der Waals surface area contributed by atoms with Crippen LogP contribution in [0.4, 0.5) is 0 Å². The van der Waals surface area contributed by atoms with E-state index in [-0.39, 0.29) is 11.3 Å². The van der Waals surface area contributed by atoms with Gasteiger partial charge in [0.05, 0.1) is 21.7 Å². The Morgan fingerprint density at radius 1 is 1.06 bits per heavy atom. The Labute approximate surface area is 198 Å². The first-order valence-corrected chi connectivity index (χ1v) is 11.9. The summed E-state index contributed by atoms with van der Waals surface area (Å²) in [6.45, 7) is 0.670. The minimum absolute atomic E-state index is 0.0442. The maximum Gasteiger partial charge on any atom is 0.269 e. The molecule has 0 bridgehead atoms. The molecule has 10 heteroatoms. The van der Waals surface area contributed by atoms with Crippen molar-refractivity contribution in [2.75, 3.05) is 5.75 Å². The molecule has 0 fully saturated rings. The number of aryl methyl sites for hydroxylation is 1. The van der Waals surface area contributed by atoms with Crippen LogP contribution in [-0.4, -0.2) is 27.1 Å². The lowest BCUT2D eigenvalue weighted by molar-refractivity contribution is -0.119. The molecule has 2 aromatic carbocycles. The van der Waals surface area contributed by atoms with Gasteiger partial charge in [0.15, 0.2) is 0 Å². The molecule has 4 rings (SSSR count). The molecule has 7 nitrogen and oxygen atoms in total. The molecule has 0 saturated carbocycles. The highest BCUT2D eigenvalue weighted by Crippen LogP contribution is 2.29. The van der Waals surface area contributed by atoms with Crippen molar-refractivity contribution < 1.29 is 9.59 Å². The van der Waals surface area contributed by atoms with Gasteiger partial charge in [-0.05, 0) is 49.2 Å². The molecule has 3 aromatic rings. The zero-order valence-electron chi connectivity index (χ0n) is 17.0. The highest BCUT2D eigenvalue weighted by Gasteiger charge is 2.16. The topological polar surface area (TPSA) is 93.1 Å². The molecule has 1 aliphatic heterocycles. The van der Waals surface area contributed by atoms with Gasteiger partial charge in [0.1, 0.15) is 5.82 Å². The first kappa shape index (κ1) is 22.6. The maximum atomic E-state index is 12.8. The third-order valence-corrected chi connectivity index (χ3v) is 6.88. The Hall–Kier alpha value is -2.55. The minimum Gasteiger partial charge on any atom is -0.296 e. The predicted octanol–water partition coefficient (Wildman–Crippen LogP) is 3.98. The second-order valence-electron chi connectivity index (χ2n) is 7.39. The van der Waals surface area contributed by atoms with E-state index in [9.17, 15) is 14.4 Å². The van der Waals surface area contributed by atoms with E-state index in [1.165, 1.54) is 11.8 Å². The van der Waals surface area contributed by atoms with Crippen molar-refractivity contribution in [1.29, 1.82) is 0 Å². The SMILES string of the molecule is O=C(CSc1cc(Cl)ccc1Cl)NNC(=O)c1ccc2c(=O)n3c(nc2c1)CCCCC3. The lowest BCUT2D eigenvalue weighted by atomic mass is 10.1. The summed E-state index contributed by atoms with van der Waals surface area (Å²) in [4.78, 5) is 42.7. The monoisotopic (exact) mass is 490 g/mol. The van der Waals surface area contributed by atoms with Crippen LogP contribution in [0.25, 0.3) is 10.9 Å². The van der Waals surface area contributed by atoms with E-state index in [1.807, 2.05) is 0 Å². The highest BCUT2D eigenvalue weighted by atomic mass is 35.5.